The summed E-state index contributed by atoms with van der Waals surface area (Å²) in [5.41, 5.74) is 1.42. The summed E-state index contributed by atoms with van der Waals surface area (Å²) in [4.78, 5) is 4.26. The Morgan fingerprint density at radius 3 is 3.07 bits per heavy atom. The predicted octanol–water partition coefficient (Wildman–Crippen LogP) is 1.51. The van der Waals surface area contributed by atoms with Crippen LogP contribution in [0.4, 0.5) is 0 Å². The topological polar surface area (TPSA) is 29.9 Å². The van der Waals surface area contributed by atoms with E-state index in [0.29, 0.717) is 6.04 Å². The molecule has 1 aliphatic carbocycles. The zero-order chi connectivity index (χ0) is 9.38. The van der Waals surface area contributed by atoms with E-state index in [2.05, 4.69) is 14.9 Å². The first kappa shape index (κ1) is 8.48. The van der Waals surface area contributed by atoms with Crippen molar-refractivity contribution < 1.29 is 0 Å². The molecule has 0 spiro atoms. The molecule has 1 aromatic heterocycles. The summed E-state index contributed by atoms with van der Waals surface area (Å²) in [6, 6.07) is 1.47. The van der Waals surface area contributed by atoms with Crippen molar-refractivity contribution >= 4 is 0 Å². The van der Waals surface area contributed by atoms with Crippen molar-refractivity contribution in [3.8, 4) is 0 Å². The predicted molar refractivity (Wildman–Crippen MR) is 55.2 cm³/mol. The molecule has 1 aromatic rings. The molecule has 1 saturated heterocycles. The second-order valence-corrected chi connectivity index (χ2v) is 4.52. The van der Waals surface area contributed by atoms with Crippen molar-refractivity contribution in [2.75, 3.05) is 6.54 Å². The third-order valence-corrected chi connectivity index (χ3v) is 3.30. The molecule has 3 heteroatoms. The number of rotatable bonds is 3. The van der Waals surface area contributed by atoms with E-state index in [9.17, 15) is 0 Å². The molecule has 76 valence electrons. The van der Waals surface area contributed by atoms with Crippen LogP contribution < -0.4 is 5.32 Å². The summed E-state index contributed by atoms with van der Waals surface area (Å²) in [6.45, 7) is 1.20. The summed E-state index contributed by atoms with van der Waals surface area (Å²) in [5.74, 6) is 0. The molecule has 0 amide bonds. The zero-order valence-corrected chi connectivity index (χ0v) is 8.45. The van der Waals surface area contributed by atoms with E-state index in [1.807, 2.05) is 12.5 Å². The minimum absolute atomic E-state index is 0.698. The van der Waals surface area contributed by atoms with Crippen LogP contribution in [-0.2, 0) is 6.42 Å². The number of imidazole rings is 1. The van der Waals surface area contributed by atoms with Gasteiger partial charge in [-0.25, -0.2) is 4.98 Å². The summed E-state index contributed by atoms with van der Waals surface area (Å²) in [6.07, 6.45) is 10.6. The summed E-state index contributed by atoms with van der Waals surface area (Å²) in [7, 11) is 0. The molecule has 1 unspecified atom stereocenters. The summed E-state index contributed by atoms with van der Waals surface area (Å²) in [5, 5.41) is 3.54. The Morgan fingerprint density at radius 2 is 2.36 bits per heavy atom. The number of aromatic nitrogens is 2. The molecule has 1 saturated carbocycles. The first-order chi connectivity index (χ1) is 6.93. The highest BCUT2D eigenvalue weighted by atomic mass is 15.1. The SMILES string of the molecule is c1ncn(C2CC2)c1CC1CCCN1. The molecule has 2 heterocycles. The van der Waals surface area contributed by atoms with E-state index < -0.39 is 0 Å². The number of hydrogen-bond acceptors (Lipinski definition) is 2. The third kappa shape index (κ3) is 1.57. The average Bonchev–Trinajstić information content (AvgIpc) is 2.74. The number of nitrogens with one attached hydrogen (secondary N) is 1. The lowest BCUT2D eigenvalue weighted by Gasteiger charge is -2.11. The quantitative estimate of drug-likeness (QED) is 0.785. The molecule has 1 atom stereocenters. The molecule has 14 heavy (non-hydrogen) atoms. The lowest BCUT2D eigenvalue weighted by Crippen LogP contribution is -2.24. The second kappa shape index (κ2) is 3.39. The van der Waals surface area contributed by atoms with Gasteiger partial charge in [-0.15, -0.1) is 0 Å². The second-order valence-electron chi connectivity index (χ2n) is 4.52. The van der Waals surface area contributed by atoms with Crippen LogP contribution in [0.3, 0.4) is 0 Å². The molecule has 3 nitrogen and oxygen atoms in total. The van der Waals surface area contributed by atoms with Crippen molar-refractivity contribution in [1.82, 2.24) is 14.9 Å². The Balaban J connectivity index is 1.71. The van der Waals surface area contributed by atoms with Crippen molar-refractivity contribution in [2.24, 2.45) is 0 Å². The van der Waals surface area contributed by atoms with Crippen molar-refractivity contribution in [3.05, 3.63) is 18.2 Å². The molecule has 1 aliphatic heterocycles. The maximum absolute atomic E-state index is 4.26. The van der Waals surface area contributed by atoms with Gasteiger partial charge in [0.15, 0.2) is 0 Å². The third-order valence-electron chi connectivity index (χ3n) is 3.30. The molecule has 3 rings (SSSR count). The lowest BCUT2D eigenvalue weighted by atomic mass is 10.1. The van der Waals surface area contributed by atoms with E-state index in [1.165, 1.54) is 37.9 Å². The minimum atomic E-state index is 0.698. The van der Waals surface area contributed by atoms with E-state index in [-0.39, 0.29) is 0 Å². The van der Waals surface area contributed by atoms with Crippen LogP contribution in [0.1, 0.15) is 37.4 Å². The van der Waals surface area contributed by atoms with Gasteiger partial charge < -0.3 is 9.88 Å². The fourth-order valence-corrected chi connectivity index (χ4v) is 2.36. The smallest absolute Gasteiger partial charge is 0.0950 e. The van der Waals surface area contributed by atoms with Gasteiger partial charge >= 0.3 is 0 Å². The Labute approximate surface area is 84.5 Å². The monoisotopic (exact) mass is 191 g/mol. The van der Waals surface area contributed by atoms with E-state index in [0.717, 1.165) is 12.5 Å². The highest BCUT2D eigenvalue weighted by molar-refractivity contribution is 5.06. The van der Waals surface area contributed by atoms with Crippen LogP contribution >= 0.6 is 0 Å². The van der Waals surface area contributed by atoms with Crippen molar-refractivity contribution in [1.29, 1.82) is 0 Å². The molecule has 0 radical (unpaired) electrons. The first-order valence-corrected chi connectivity index (χ1v) is 5.67. The standard InChI is InChI=1S/C11H17N3/c1-2-9(13-5-1)6-11-7-12-8-14(11)10-3-4-10/h7-10,13H,1-6H2. The Hall–Kier alpha value is -0.830. The van der Waals surface area contributed by atoms with Gasteiger partial charge in [0, 0.05) is 30.4 Å². The highest BCUT2D eigenvalue weighted by Crippen LogP contribution is 2.35. The van der Waals surface area contributed by atoms with Crippen molar-refractivity contribution in [2.45, 2.75) is 44.2 Å². The van der Waals surface area contributed by atoms with Crippen LogP contribution in [0.5, 0.6) is 0 Å². The summed E-state index contributed by atoms with van der Waals surface area (Å²) < 4.78 is 2.38. The zero-order valence-electron chi connectivity index (χ0n) is 8.45. The molecular formula is C11H17N3. The van der Waals surface area contributed by atoms with Crippen LogP contribution in [0, 0.1) is 0 Å². The highest BCUT2D eigenvalue weighted by Gasteiger charge is 2.26. The molecule has 2 aliphatic rings. The van der Waals surface area contributed by atoms with Gasteiger partial charge in [-0.3, -0.25) is 0 Å². The van der Waals surface area contributed by atoms with Crippen LogP contribution in [-0.4, -0.2) is 22.1 Å². The Morgan fingerprint density at radius 1 is 1.43 bits per heavy atom. The molecule has 1 N–H and O–H groups in total. The van der Waals surface area contributed by atoms with Gasteiger partial charge in [-0.2, -0.15) is 0 Å². The maximum Gasteiger partial charge on any atom is 0.0950 e. The molecule has 0 bridgehead atoms. The number of nitrogens with zero attached hydrogens (tertiary/aromatic N) is 2. The molecular weight excluding hydrogens is 174 g/mol. The van der Waals surface area contributed by atoms with Crippen LogP contribution in [0.15, 0.2) is 12.5 Å². The first-order valence-electron chi connectivity index (χ1n) is 5.67. The Kier molecular flexibility index (Phi) is 2.05. The fraction of sp³-hybridized carbons (Fsp3) is 0.727. The van der Waals surface area contributed by atoms with Gasteiger partial charge in [-0.1, -0.05) is 0 Å². The van der Waals surface area contributed by atoms with Gasteiger partial charge in [0.05, 0.1) is 6.33 Å². The Bertz CT molecular complexity index is 308. The van der Waals surface area contributed by atoms with Gasteiger partial charge in [0.2, 0.25) is 0 Å². The van der Waals surface area contributed by atoms with E-state index in [4.69, 9.17) is 0 Å². The van der Waals surface area contributed by atoms with Crippen LogP contribution in [0.2, 0.25) is 0 Å². The average molecular weight is 191 g/mol. The minimum Gasteiger partial charge on any atom is -0.331 e. The fourth-order valence-electron chi connectivity index (χ4n) is 2.36. The molecule has 0 aromatic carbocycles. The van der Waals surface area contributed by atoms with Gasteiger partial charge in [0.1, 0.15) is 0 Å². The lowest BCUT2D eigenvalue weighted by molar-refractivity contribution is 0.569. The van der Waals surface area contributed by atoms with E-state index >= 15 is 0 Å². The van der Waals surface area contributed by atoms with Gasteiger partial charge in [0.25, 0.3) is 0 Å². The molecule has 2 fully saturated rings. The van der Waals surface area contributed by atoms with Gasteiger partial charge in [-0.05, 0) is 32.2 Å². The van der Waals surface area contributed by atoms with Crippen molar-refractivity contribution in [3.63, 3.8) is 0 Å². The maximum atomic E-state index is 4.26. The normalized spacial score (nSPS) is 27.0. The number of hydrogen-bond donors (Lipinski definition) is 1. The van der Waals surface area contributed by atoms with E-state index in [1.54, 1.807) is 0 Å². The van der Waals surface area contributed by atoms with Crippen LogP contribution in [0.25, 0.3) is 0 Å². The largest absolute Gasteiger partial charge is 0.331 e. The summed E-state index contributed by atoms with van der Waals surface area (Å²) >= 11 is 0.